The second kappa shape index (κ2) is 3.85. The van der Waals surface area contributed by atoms with Crippen molar-refractivity contribution in [2.45, 2.75) is 26.4 Å². The third-order valence-electron chi connectivity index (χ3n) is 0.751. The molecule has 0 heterocycles. The molecular weight excluding hydrogens is 116 g/mol. The lowest BCUT2D eigenvalue weighted by atomic mass is 10.2. The maximum absolute atomic E-state index is 5.29. The summed E-state index contributed by atoms with van der Waals surface area (Å²) in [6.45, 7) is 8.22. The van der Waals surface area contributed by atoms with Gasteiger partial charge in [-0.3, -0.25) is 0 Å². The molecule has 0 atom stereocenters. The van der Waals surface area contributed by atoms with E-state index in [1.165, 1.54) is 0 Å². The summed E-state index contributed by atoms with van der Waals surface area (Å²) < 4.78 is 9.98. The molecule has 0 fully saturated rings. The molecule has 0 saturated carbocycles. The summed E-state index contributed by atoms with van der Waals surface area (Å²) in [4.78, 5) is 0. The summed E-state index contributed by atoms with van der Waals surface area (Å²) in [7, 11) is 1.62. The van der Waals surface area contributed by atoms with Crippen LogP contribution in [0.25, 0.3) is 0 Å². The van der Waals surface area contributed by atoms with Gasteiger partial charge in [0.2, 0.25) is 0 Å². The Balaban J connectivity index is 3.07. The zero-order valence-electron chi connectivity index (χ0n) is 6.60. The van der Waals surface area contributed by atoms with Crippen molar-refractivity contribution in [1.82, 2.24) is 0 Å². The van der Waals surface area contributed by atoms with Crippen molar-refractivity contribution in [1.29, 1.82) is 0 Å². The molecule has 0 amide bonds. The quantitative estimate of drug-likeness (QED) is 0.542. The smallest absolute Gasteiger partial charge is 0.109 e. The molecule has 0 rings (SSSR count). The summed E-state index contributed by atoms with van der Waals surface area (Å²) in [5, 5.41) is 0. The fourth-order valence-corrected chi connectivity index (χ4v) is 0.352. The summed E-state index contributed by atoms with van der Waals surface area (Å²) in [6, 6.07) is 0. The van der Waals surface area contributed by atoms with Crippen molar-refractivity contribution in [2.75, 3.05) is 13.7 Å². The first-order chi connectivity index (χ1) is 4.06. The third-order valence-corrected chi connectivity index (χ3v) is 0.751. The van der Waals surface area contributed by atoms with Gasteiger partial charge in [-0.25, -0.2) is 0 Å². The molecule has 0 aromatic heterocycles. The van der Waals surface area contributed by atoms with E-state index in [1.807, 2.05) is 20.8 Å². The Bertz CT molecular complexity index is 63.8. The number of rotatable bonds is 3. The highest BCUT2D eigenvalue weighted by Gasteiger charge is 2.08. The van der Waals surface area contributed by atoms with Crippen LogP contribution >= 0.6 is 0 Å². The van der Waals surface area contributed by atoms with Crippen LogP contribution in [0.3, 0.4) is 0 Å². The number of methoxy groups -OCH3 is 1. The minimum atomic E-state index is -0.0605. The maximum Gasteiger partial charge on any atom is 0.109 e. The molecule has 0 aromatic carbocycles. The van der Waals surface area contributed by atoms with E-state index >= 15 is 0 Å². The summed E-state index contributed by atoms with van der Waals surface area (Å²) in [5.74, 6) is 0. The molecule has 0 aromatic rings. The lowest BCUT2D eigenvalue weighted by Gasteiger charge is -2.18. The summed E-state index contributed by atoms with van der Waals surface area (Å²) in [5.41, 5.74) is -0.0605. The van der Waals surface area contributed by atoms with Crippen LogP contribution < -0.4 is 0 Å². The van der Waals surface area contributed by atoms with Crippen molar-refractivity contribution in [3.05, 3.63) is 6.61 Å². The fourth-order valence-electron chi connectivity index (χ4n) is 0.352. The summed E-state index contributed by atoms with van der Waals surface area (Å²) in [6.07, 6.45) is 0. The van der Waals surface area contributed by atoms with E-state index in [9.17, 15) is 0 Å². The fraction of sp³-hybridized carbons (Fsp3) is 0.857. The van der Waals surface area contributed by atoms with Crippen LogP contribution in [0, 0.1) is 6.61 Å². The van der Waals surface area contributed by atoms with Crippen LogP contribution in [0.5, 0.6) is 0 Å². The molecule has 1 radical (unpaired) electrons. The van der Waals surface area contributed by atoms with E-state index in [2.05, 4.69) is 4.74 Å². The lowest BCUT2D eigenvalue weighted by molar-refractivity contribution is -0.00844. The van der Waals surface area contributed by atoms with Crippen molar-refractivity contribution in [3.63, 3.8) is 0 Å². The predicted octanol–water partition coefficient (Wildman–Crippen LogP) is 1.61. The topological polar surface area (TPSA) is 18.5 Å². The standard InChI is InChI=1S/C7H15O2/c1-7(2,3)9-6-5-8-4/h5H,6H2,1-4H3. The molecule has 0 unspecified atom stereocenters. The maximum atomic E-state index is 5.29. The van der Waals surface area contributed by atoms with Crippen molar-refractivity contribution >= 4 is 0 Å². The number of hydrogen-bond acceptors (Lipinski definition) is 2. The lowest BCUT2D eigenvalue weighted by Crippen LogP contribution is -2.20. The molecule has 0 aliphatic rings. The van der Waals surface area contributed by atoms with E-state index in [1.54, 1.807) is 13.7 Å². The van der Waals surface area contributed by atoms with Crippen molar-refractivity contribution in [3.8, 4) is 0 Å². The molecule has 2 heteroatoms. The zero-order chi connectivity index (χ0) is 7.33. The van der Waals surface area contributed by atoms with Gasteiger partial charge < -0.3 is 9.47 Å². The Morgan fingerprint density at radius 3 is 2.22 bits per heavy atom. The van der Waals surface area contributed by atoms with Gasteiger partial charge in [-0.05, 0) is 20.8 Å². The molecule has 9 heavy (non-hydrogen) atoms. The second-order valence-electron chi connectivity index (χ2n) is 2.83. The van der Waals surface area contributed by atoms with Crippen LogP contribution in [0.4, 0.5) is 0 Å². The van der Waals surface area contributed by atoms with Crippen LogP contribution in [0.2, 0.25) is 0 Å². The predicted molar refractivity (Wildman–Crippen MR) is 37.0 cm³/mol. The highest BCUT2D eigenvalue weighted by Crippen LogP contribution is 2.05. The van der Waals surface area contributed by atoms with E-state index in [4.69, 9.17) is 4.74 Å². The van der Waals surface area contributed by atoms with Gasteiger partial charge in [-0.2, -0.15) is 0 Å². The molecule has 0 bridgehead atoms. The van der Waals surface area contributed by atoms with E-state index in [-0.39, 0.29) is 5.60 Å². The monoisotopic (exact) mass is 131 g/mol. The largest absolute Gasteiger partial charge is 0.376 e. The van der Waals surface area contributed by atoms with Gasteiger partial charge in [0.25, 0.3) is 0 Å². The zero-order valence-corrected chi connectivity index (χ0v) is 6.60. The molecule has 0 aliphatic carbocycles. The van der Waals surface area contributed by atoms with E-state index in [0.717, 1.165) is 0 Å². The van der Waals surface area contributed by atoms with Gasteiger partial charge in [0.05, 0.1) is 12.2 Å². The average molecular weight is 131 g/mol. The molecule has 0 aliphatic heterocycles. The molecule has 0 saturated heterocycles. The van der Waals surface area contributed by atoms with Gasteiger partial charge in [-0.1, -0.05) is 0 Å². The number of ether oxygens (including phenoxy) is 2. The van der Waals surface area contributed by atoms with Gasteiger partial charge in [-0.15, -0.1) is 0 Å². The molecule has 55 valence electrons. The molecule has 0 N–H and O–H groups in total. The Morgan fingerprint density at radius 2 is 1.89 bits per heavy atom. The minimum absolute atomic E-state index is 0.0605. The van der Waals surface area contributed by atoms with Crippen LogP contribution in [0.15, 0.2) is 0 Å². The van der Waals surface area contributed by atoms with Gasteiger partial charge in [0.1, 0.15) is 6.61 Å². The SMILES string of the molecule is CO[CH]COC(C)(C)C. The Labute approximate surface area is 57.2 Å². The second-order valence-corrected chi connectivity index (χ2v) is 2.83. The minimum Gasteiger partial charge on any atom is -0.376 e. The van der Waals surface area contributed by atoms with E-state index < -0.39 is 0 Å². The molecule has 2 nitrogen and oxygen atoms in total. The van der Waals surface area contributed by atoms with Gasteiger partial charge in [0.15, 0.2) is 0 Å². The molecular formula is C7H15O2. The van der Waals surface area contributed by atoms with Gasteiger partial charge >= 0.3 is 0 Å². The normalized spacial score (nSPS) is 12.0. The van der Waals surface area contributed by atoms with Crippen LogP contribution in [-0.4, -0.2) is 19.3 Å². The van der Waals surface area contributed by atoms with Crippen molar-refractivity contribution in [2.24, 2.45) is 0 Å². The Morgan fingerprint density at radius 1 is 1.33 bits per heavy atom. The average Bonchev–Trinajstić information content (AvgIpc) is 1.63. The van der Waals surface area contributed by atoms with Gasteiger partial charge in [0, 0.05) is 7.11 Å². The first-order valence-electron chi connectivity index (χ1n) is 3.04. The third kappa shape index (κ3) is 7.92. The highest BCUT2D eigenvalue weighted by molar-refractivity contribution is 4.60. The summed E-state index contributed by atoms with van der Waals surface area (Å²) >= 11 is 0. The number of hydrogen-bond donors (Lipinski definition) is 0. The van der Waals surface area contributed by atoms with Crippen LogP contribution in [0.1, 0.15) is 20.8 Å². The Kier molecular flexibility index (Phi) is 3.82. The van der Waals surface area contributed by atoms with Crippen LogP contribution in [-0.2, 0) is 9.47 Å². The highest BCUT2D eigenvalue weighted by atomic mass is 16.5. The molecule has 0 spiro atoms. The Hall–Kier alpha value is -0.0800. The first-order valence-corrected chi connectivity index (χ1v) is 3.04. The van der Waals surface area contributed by atoms with Crippen molar-refractivity contribution < 1.29 is 9.47 Å². The first kappa shape index (κ1) is 8.92. The van der Waals surface area contributed by atoms with E-state index in [0.29, 0.717) is 6.61 Å².